The van der Waals surface area contributed by atoms with Crippen molar-refractivity contribution in [3.05, 3.63) is 35.4 Å². The van der Waals surface area contributed by atoms with Gasteiger partial charge >= 0.3 is 0 Å². The maximum absolute atomic E-state index is 10.7. The lowest BCUT2D eigenvalue weighted by Crippen LogP contribution is -2.58. The number of carbonyl (C=O) groups is 1. The molecule has 1 unspecified atom stereocenters. The Kier molecular flexibility index (Phi) is 1.90. The molecule has 3 N–H and O–H groups in total. The summed E-state index contributed by atoms with van der Waals surface area (Å²) in [5.74, 6) is 0. The first-order valence-electron chi connectivity index (χ1n) is 4.30. The summed E-state index contributed by atoms with van der Waals surface area (Å²) >= 11 is 0. The van der Waals surface area contributed by atoms with Crippen LogP contribution in [0.1, 0.15) is 11.1 Å². The first kappa shape index (κ1) is 8.41. The summed E-state index contributed by atoms with van der Waals surface area (Å²) in [5, 5.41) is 3.01. The van der Waals surface area contributed by atoms with Gasteiger partial charge in [-0.15, -0.1) is 0 Å². The highest BCUT2D eigenvalue weighted by atomic mass is 16.1. The van der Waals surface area contributed by atoms with Crippen LogP contribution in [0.5, 0.6) is 0 Å². The molecule has 3 nitrogen and oxygen atoms in total. The van der Waals surface area contributed by atoms with Gasteiger partial charge < -0.3 is 5.73 Å². The minimum atomic E-state index is -0.867. The average Bonchev–Trinajstić information content (AvgIpc) is 2.18. The molecule has 1 atom stereocenters. The molecule has 1 heterocycles. The molecule has 0 radical (unpaired) electrons. The van der Waals surface area contributed by atoms with E-state index in [0.717, 1.165) is 11.8 Å². The van der Waals surface area contributed by atoms with E-state index in [9.17, 15) is 4.79 Å². The SMILES string of the molecule is NC1(C=O)Cc2ccccc2CN1. The van der Waals surface area contributed by atoms with Gasteiger partial charge in [-0.05, 0) is 11.1 Å². The van der Waals surface area contributed by atoms with Crippen LogP contribution in [0.2, 0.25) is 0 Å². The van der Waals surface area contributed by atoms with E-state index >= 15 is 0 Å². The molecule has 0 amide bonds. The number of hydrogen-bond acceptors (Lipinski definition) is 3. The quantitative estimate of drug-likeness (QED) is 0.600. The third kappa shape index (κ3) is 1.48. The van der Waals surface area contributed by atoms with Gasteiger partial charge in [-0.2, -0.15) is 0 Å². The molecule has 0 saturated carbocycles. The Labute approximate surface area is 76.9 Å². The lowest BCUT2D eigenvalue weighted by atomic mass is 9.93. The zero-order chi connectivity index (χ0) is 9.31. The summed E-state index contributed by atoms with van der Waals surface area (Å²) in [5.41, 5.74) is 7.32. The number of nitrogens with two attached hydrogens (primary N) is 1. The first-order valence-corrected chi connectivity index (χ1v) is 4.30. The van der Waals surface area contributed by atoms with E-state index in [2.05, 4.69) is 5.32 Å². The highest BCUT2D eigenvalue weighted by molar-refractivity contribution is 5.65. The number of hydrogen-bond donors (Lipinski definition) is 2. The molecule has 0 saturated heterocycles. The molecule has 0 spiro atoms. The third-order valence-electron chi connectivity index (χ3n) is 2.42. The van der Waals surface area contributed by atoms with Crippen LogP contribution in [-0.4, -0.2) is 11.9 Å². The van der Waals surface area contributed by atoms with E-state index in [1.807, 2.05) is 24.3 Å². The van der Waals surface area contributed by atoms with Gasteiger partial charge in [0, 0.05) is 13.0 Å². The van der Waals surface area contributed by atoms with Crippen molar-refractivity contribution >= 4 is 6.29 Å². The van der Waals surface area contributed by atoms with Gasteiger partial charge in [-0.25, -0.2) is 0 Å². The Balaban J connectivity index is 2.34. The molecule has 68 valence electrons. The van der Waals surface area contributed by atoms with Crippen molar-refractivity contribution in [2.75, 3.05) is 0 Å². The molecule has 1 aromatic carbocycles. The second-order valence-electron chi connectivity index (χ2n) is 3.46. The monoisotopic (exact) mass is 176 g/mol. The predicted octanol–water partition coefficient (Wildman–Crippen LogP) is 0.186. The highest BCUT2D eigenvalue weighted by Crippen LogP contribution is 2.18. The fourth-order valence-electron chi connectivity index (χ4n) is 1.62. The second-order valence-corrected chi connectivity index (χ2v) is 3.46. The van der Waals surface area contributed by atoms with E-state index in [0.29, 0.717) is 13.0 Å². The van der Waals surface area contributed by atoms with Crippen LogP contribution in [0.3, 0.4) is 0 Å². The van der Waals surface area contributed by atoms with Gasteiger partial charge in [0.15, 0.2) is 6.29 Å². The summed E-state index contributed by atoms with van der Waals surface area (Å²) in [7, 11) is 0. The van der Waals surface area contributed by atoms with Crippen LogP contribution in [0.25, 0.3) is 0 Å². The Bertz CT molecular complexity index is 337. The van der Waals surface area contributed by atoms with Crippen molar-refractivity contribution in [3.8, 4) is 0 Å². The lowest BCUT2D eigenvalue weighted by molar-refractivity contribution is -0.113. The molecule has 3 heteroatoms. The molecule has 13 heavy (non-hydrogen) atoms. The van der Waals surface area contributed by atoms with Crippen molar-refractivity contribution in [1.29, 1.82) is 0 Å². The van der Waals surface area contributed by atoms with Crippen LogP contribution in [0.4, 0.5) is 0 Å². The maximum Gasteiger partial charge on any atom is 0.154 e. The van der Waals surface area contributed by atoms with Gasteiger partial charge in [0.25, 0.3) is 0 Å². The van der Waals surface area contributed by atoms with Gasteiger partial charge in [0.05, 0.1) is 0 Å². The maximum atomic E-state index is 10.7. The molecule has 1 aliphatic heterocycles. The van der Waals surface area contributed by atoms with Crippen LogP contribution >= 0.6 is 0 Å². The third-order valence-corrected chi connectivity index (χ3v) is 2.42. The van der Waals surface area contributed by atoms with Gasteiger partial charge in [0.2, 0.25) is 0 Å². The normalized spacial score (nSPS) is 26.5. The van der Waals surface area contributed by atoms with Crippen LogP contribution in [0.15, 0.2) is 24.3 Å². The van der Waals surface area contributed by atoms with Crippen molar-refractivity contribution < 1.29 is 4.79 Å². The zero-order valence-corrected chi connectivity index (χ0v) is 7.29. The average molecular weight is 176 g/mol. The number of rotatable bonds is 1. The zero-order valence-electron chi connectivity index (χ0n) is 7.29. The van der Waals surface area contributed by atoms with E-state index in [-0.39, 0.29) is 0 Å². The molecule has 2 rings (SSSR count). The van der Waals surface area contributed by atoms with E-state index in [1.54, 1.807) is 0 Å². The lowest BCUT2D eigenvalue weighted by Gasteiger charge is -2.30. The Morgan fingerprint density at radius 1 is 1.38 bits per heavy atom. The van der Waals surface area contributed by atoms with Gasteiger partial charge in [-0.1, -0.05) is 24.3 Å². The number of aldehydes is 1. The summed E-state index contributed by atoms with van der Waals surface area (Å²) in [6.07, 6.45) is 1.36. The standard InChI is InChI=1S/C10H12N2O/c11-10(7-13)5-8-3-1-2-4-9(8)6-12-10/h1-4,7,12H,5-6,11H2. The number of nitrogens with one attached hydrogen (secondary N) is 1. The van der Waals surface area contributed by atoms with Crippen molar-refractivity contribution in [3.63, 3.8) is 0 Å². The number of carbonyl (C=O) groups excluding carboxylic acids is 1. The molecular weight excluding hydrogens is 164 g/mol. The minimum absolute atomic E-state index is 0.576. The van der Waals surface area contributed by atoms with E-state index in [4.69, 9.17) is 5.73 Å². The Hall–Kier alpha value is -1.19. The van der Waals surface area contributed by atoms with Crippen LogP contribution in [-0.2, 0) is 17.8 Å². The van der Waals surface area contributed by atoms with E-state index < -0.39 is 5.66 Å². The van der Waals surface area contributed by atoms with Crippen molar-refractivity contribution in [2.24, 2.45) is 5.73 Å². The van der Waals surface area contributed by atoms with E-state index in [1.165, 1.54) is 5.56 Å². The fourth-order valence-corrected chi connectivity index (χ4v) is 1.62. The highest BCUT2D eigenvalue weighted by Gasteiger charge is 2.28. The summed E-state index contributed by atoms with van der Waals surface area (Å²) in [4.78, 5) is 10.7. The Morgan fingerprint density at radius 3 is 2.77 bits per heavy atom. The number of fused-ring (bicyclic) bond motifs is 1. The molecule has 0 bridgehead atoms. The second kappa shape index (κ2) is 2.94. The smallest absolute Gasteiger partial charge is 0.154 e. The molecule has 0 fully saturated rings. The summed E-state index contributed by atoms with van der Waals surface area (Å²) < 4.78 is 0. The molecule has 1 aliphatic rings. The van der Waals surface area contributed by atoms with Gasteiger partial charge in [-0.3, -0.25) is 10.1 Å². The topological polar surface area (TPSA) is 55.1 Å². The Morgan fingerprint density at radius 2 is 2.08 bits per heavy atom. The molecule has 1 aromatic rings. The van der Waals surface area contributed by atoms with Crippen LogP contribution < -0.4 is 11.1 Å². The molecule has 0 aromatic heterocycles. The van der Waals surface area contributed by atoms with Gasteiger partial charge in [0.1, 0.15) is 5.66 Å². The minimum Gasteiger partial charge on any atom is -0.307 e. The predicted molar refractivity (Wildman–Crippen MR) is 50.0 cm³/mol. The largest absolute Gasteiger partial charge is 0.307 e. The summed E-state index contributed by atoms with van der Waals surface area (Å²) in [6, 6.07) is 8.02. The number of benzene rings is 1. The first-order chi connectivity index (χ1) is 6.23. The summed E-state index contributed by atoms with van der Waals surface area (Å²) in [6.45, 7) is 0.672. The van der Waals surface area contributed by atoms with Crippen molar-refractivity contribution in [1.82, 2.24) is 5.32 Å². The van der Waals surface area contributed by atoms with Crippen LogP contribution in [0, 0.1) is 0 Å². The molecular formula is C10H12N2O. The fraction of sp³-hybridized carbons (Fsp3) is 0.300. The molecule has 0 aliphatic carbocycles. The van der Waals surface area contributed by atoms with Crippen molar-refractivity contribution in [2.45, 2.75) is 18.6 Å².